The van der Waals surface area contributed by atoms with Gasteiger partial charge < -0.3 is 9.84 Å². The zero-order chi connectivity index (χ0) is 14.1. The monoisotopic (exact) mass is 328 g/mol. The first kappa shape index (κ1) is 16.0. The fourth-order valence-electron chi connectivity index (χ4n) is 1.83. The van der Waals surface area contributed by atoms with E-state index in [9.17, 15) is 4.79 Å². The minimum Gasteiger partial charge on any atom is -0.494 e. The molecular weight excluding hydrogens is 308 g/mol. The molecule has 1 N–H and O–H groups in total. The fourth-order valence-corrected chi connectivity index (χ4v) is 2.23. The predicted molar refractivity (Wildman–Crippen MR) is 80.1 cm³/mol. The van der Waals surface area contributed by atoms with Crippen LogP contribution in [0.4, 0.5) is 0 Å². The van der Waals surface area contributed by atoms with Crippen molar-refractivity contribution in [2.45, 2.75) is 32.6 Å². The van der Waals surface area contributed by atoms with Crippen LogP contribution in [0.2, 0.25) is 0 Å². The Labute approximate surface area is 123 Å². The number of benzene rings is 1. The lowest BCUT2D eigenvalue weighted by molar-refractivity contribution is -0.142. The standard InChI is InChI=1S/C15H21BrO3/c1-12-5-7-14(8-6-12)19-11-9-13(15(17)18)4-2-3-10-16/h5-8,13H,2-4,9-11H2,1H3,(H,17,18). The lowest BCUT2D eigenvalue weighted by Crippen LogP contribution is -2.17. The number of carbonyl (C=O) groups is 1. The molecule has 0 spiro atoms. The number of hydrogen-bond donors (Lipinski definition) is 1. The van der Waals surface area contributed by atoms with Crippen LogP contribution in [-0.2, 0) is 4.79 Å². The van der Waals surface area contributed by atoms with E-state index in [1.54, 1.807) is 0 Å². The highest BCUT2D eigenvalue weighted by atomic mass is 79.9. The van der Waals surface area contributed by atoms with Crippen LogP contribution < -0.4 is 4.74 Å². The molecule has 0 radical (unpaired) electrons. The van der Waals surface area contributed by atoms with Gasteiger partial charge in [0, 0.05) is 5.33 Å². The Morgan fingerprint density at radius 3 is 2.53 bits per heavy atom. The molecule has 0 aliphatic heterocycles. The molecule has 19 heavy (non-hydrogen) atoms. The van der Waals surface area contributed by atoms with Crippen molar-refractivity contribution in [3.05, 3.63) is 29.8 Å². The van der Waals surface area contributed by atoms with E-state index in [1.807, 2.05) is 31.2 Å². The highest BCUT2D eigenvalue weighted by Gasteiger charge is 2.16. The van der Waals surface area contributed by atoms with Crippen molar-refractivity contribution < 1.29 is 14.6 Å². The summed E-state index contributed by atoms with van der Waals surface area (Å²) in [5.41, 5.74) is 1.19. The molecule has 0 heterocycles. The third-order valence-corrected chi connectivity index (χ3v) is 3.60. The van der Waals surface area contributed by atoms with E-state index in [4.69, 9.17) is 9.84 Å². The topological polar surface area (TPSA) is 46.5 Å². The Balaban J connectivity index is 2.31. The second-order valence-corrected chi connectivity index (χ2v) is 5.46. The highest BCUT2D eigenvalue weighted by Crippen LogP contribution is 2.16. The van der Waals surface area contributed by atoms with Gasteiger partial charge in [-0.3, -0.25) is 4.79 Å². The minimum atomic E-state index is -0.720. The number of aliphatic carboxylic acids is 1. The molecule has 1 atom stereocenters. The third kappa shape index (κ3) is 6.62. The Bertz CT molecular complexity index is 375. The second-order valence-electron chi connectivity index (χ2n) is 4.67. The summed E-state index contributed by atoms with van der Waals surface area (Å²) in [5.74, 6) is -0.221. The summed E-state index contributed by atoms with van der Waals surface area (Å²) < 4.78 is 5.58. The summed E-state index contributed by atoms with van der Waals surface area (Å²) >= 11 is 3.35. The molecule has 1 rings (SSSR count). The first-order valence-electron chi connectivity index (χ1n) is 6.61. The van der Waals surface area contributed by atoms with Crippen molar-refractivity contribution in [2.24, 2.45) is 5.92 Å². The van der Waals surface area contributed by atoms with Crippen LogP contribution in [0.15, 0.2) is 24.3 Å². The summed E-state index contributed by atoms with van der Waals surface area (Å²) in [6.07, 6.45) is 3.24. The van der Waals surface area contributed by atoms with Gasteiger partial charge in [0.15, 0.2) is 0 Å². The Kier molecular flexibility index (Phi) is 7.56. The second kappa shape index (κ2) is 8.97. The number of hydrogen-bond acceptors (Lipinski definition) is 2. The Morgan fingerprint density at radius 1 is 1.26 bits per heavy atom. The molecule has 1 aromatic rings. The van der Waals surface area contributed by atoms with Gasteiger partial charge in [-0.05, 0) is 38.3 Å². The average Bonchev–Trinajstić information content (AvgIpc) is 2.39. The van der Waals surface area contributed by atoms with Gasteiger partial charge in [-0.15, -0.1) is 0 Å². The normalized spacial score (nSPS) is 12.1. The van der Waals surface area contributed by atoms with E-state index in [-0.39, 0.29) is 5.92 Å². The van der Waals surface area contributed by atoms with Crippen molar-refractivity contribution in [1.82, 2.24) is 0 Å². The quantitative estimate of drug-likeness (QED) is 0.550. The van der Waals surface area contributed by atoms with Gasteiger partial charge in [0.25, 0.3) is 0 Å². The van der Waals surface area contributed by atoms with Gasteiger partial charge in [0.05, 0.1) is 12.5 Å². The largest absolute Gasteiger partial charge is 0.494 e. The molecule has 1 unspecified atom stereocenters. The third-order valence-electron chi connectivity index (χ3n) is 3.04. The van der Waals surface area contributed by atoms with Gasteiger partial charge in [-0.2, -0.15) is 0 Å². The highest BCUT2D eigenvalue weighted by molar-refractivity contribution is 9.09. The first-order valence-corrected chi connectivity index (χ1v) is 7.74. The number of halogens is 1. The summed E-state index contributed by atoms with van der Waals surface area (Å²) in [6.45, 7) is 2.47. The molecule has 0 aromatic heterocycles. The van der Waals surface area contributed by atoms with Crippen molar-refractivity contribution in [2.75, 3.05) is 11.9 Å². The minimum absolute atomic E-state index is 0.301. The fraction of sp³-hybridized carbons (Fsp3) is 0.533. The van der Waals surface area contributed by atoms with E-state index >= 15 is 0 Å². The van der Waals surface area contributed by atoms with Crippen LogP contribution in [0, 0.1) is 12.8 Å². The number of carboxylic acids is 1. The molecule has 0 saturated carbocycles. The van der Waals surface area contributed by atoms with Crippen molar-refractivity contribution >= 4 is 21.9 Å². The summed E-state index contributed by atoms with van der Waals surface area (Å²) in [7, 11) is 0. The van der Waals surface area contributed by atoms with Crippen LogP contribution in [-0.4, -0.2) is 23.0 Å². The molecule has 3 nitrogen and oxygen atoms in total. The van der Waals surface area contributed by atoms with Gasteiger partial charge in [-0.1, -0.05) is 40.0 Å². The molecule has 0 fully saturated rings. The van der Waals surface area contributed by atoms with Crippen molar-refractivity contribution in [3.63, 3.8) is 0 Å². The summed E-state index contributed by atoms with van der Waals surface area (Å²) in [6, 6.07) is 7.80. The molecule has 106 valence electrons. The first-order chi connectivity index (χ1) is 9.13. The van der Waals surface area contributed by atoms with Crippen LogP contribution in [0.3, 0.4) is 0 Å². The smallest absolute Gasteiger partial charge is 0.306 e. The Morgan fingerprint density at radius 2 is 1.95 bits per heavy atom. The maximum absolute atomic E-state index is 11.1. The van der Waals surface area contributed by atoms with Crippen molar-refractivity contribution in [3.8, 4) is 5.75 Å². The molecule has 0 bridgehead atoms. The molecule has 1 aromatic carbocycles. The molecule has 0 aliphatic rings. The molecule has 4 heteroatoms. The SMILES string of the molecule is Cc1ccc(OCCC(CCCCBr)C(=O)O)cc1. The lowest BCUT2D eigenvalue weighted by atomic mass is 9.99. The van der Waals surface area contributed by atoms with E-state index in [1.165, 1.54) is 5.56 Å². The average molecular weight is 329 g/mol. The summed E-state index contributed by atoms with van der Waals surface area (Å²) in [5, 5.41) is 10.1. The Hall–Kier alpha value is -1.03. The van der Waals surface area contributed by atoms with Crippen molar-refractivity contribution in [1.29, 1.82) is 0 Å². The van der Waals surface area contributed by atoms with Gasteiger partial charge in [0.2, 0.25) is 0 Å². The number of carboxylic acid groups (broad SMARTS) is 1. The van der Waals surface area contributed by atoms with Crippen LogP contribution >= 0.6 is 15.9 Å². The zero-order valence-electron chi connectivity index (χ0n) is 11.3. The van der Waals surface area contributed by atoms with E-state index in [2.05, 4.69) is 15.9 Å². The number of ether oxygens (including phenoxy) is 1. The van der Waals surface area contributed by atoms with Gasteiger partial charge in [-0.25, -0.2) is 0 Å². The van der Waals surface area contributed by atoms with Crippen LogP contribution in [0.1, 0.15) is 31.2 Å². The summed E-state index contributed by atoms with van der Waals surface area (Å²) in [4.78, 5) is 11.1. The van der Waals surface area contributed by atoms with Crippen LogP contribution in [0.25, 0.3) is 0 Å². The molecule has 0 aliphatic carbocycles. The van der Waals surface area contributed by atoms with E-state index < -0.39 is 5.97 Å². The molecular formula is C15H21BrO3. The maximum Gasteiger partial charge on any atom is 0.306 e. The number of alkyl halides is 1. The van der Waals surface area contributed by atoms with E-state index in [0.717, 1.165) is 30.3 Å². The number of aryl methyl sites for hydroxylation is 1. The molecule has 0 saturated heterocycles. The van der Waals surface area contributed by atoms with Gasteiger partial charge >= 0.3 is 5.97 Å². The van der Waals surface area contributed by atoms with Crippen LogP contribution in [0.5, 0.6) is 5.75 Å². The zero-order valence-corrected chi connectivity index (χ0v) is 12.9. The van der Waals surface area contributed by atoms with E-state index in [0.29, 0.717) is 13.0 Å². The predicted octanol–water partition coefficient (Wildman–Crippen LogP) is 4.03. The molecule has 0 amide bonds. The number of rotatable bonds is 9. The maximum atomic E-state index is 11.1. The lowest BCUT2D eigenvalue weighted by Gasteiger charge is -2.12. The van der Waals surface area contributed by atoms with Gasteiger partial charge in [0.1, 0.15) is 5.75 Å². The number of unbranched alkanes of at least 4 members (excludes halogenated alkanes) is 1.